The van der Waals surface area contributed by atoms with Crippen molar-refractivity contribution in [2.75, 3.05) is 25.7 Å². The van der Waals surface area contributed by atoms with E-state index in [1.165, 1.54) is 0 Å². The number of anilines is 1. The Kier molecular flexibility index (Phi) is 6.25. The normalized spacial score (nSPS) is 8.95. The fourth-order valence-electron chi connectivity index (χ4n) is 1.26. The number of rotatable bonds is 6. The van der Waals surface area contributed by atoms with Crippen molar-refractivity contribution in [1.82, 2.24) is 5.32 Å². The lowest BCUT2D eigenvalue weighted by molar-refractivity contribution is 0.0937. The van der Waals surface area contributed by atoms with Crippen molar-refractivity contribution >= 4 is 17.3 Å². The van der Waals surface area contributed by atoms with E-state index in [2.05, 4.69) is 15.8 Å². The van der Waals surface area contributed by atoms with E-state index >= 15 is 0 Å². The summed E-state index contributed by atoms with van der Waals surface area (Å²) >= 11 is 0. The van der Waals surface area contributed by atoms with Crippen molar-refractivity contribution in [3.05, 3.63) is 29.8 Å². The molecule has 0 fully saturated rings. The van der Waals surface area contributed by atoms with Crippen LogP contribution >= 0.6 is 0 Å². The molecule has 0 aromatic heterocycles. The highest BCUT2D eigenvalue weighted by Gasteiger charge is 2.04. The largest absolute Gasteiger partial charge is 0.383 e. The minimum atomic E-state index is -0.272. The van der Waals surface area contributed by atoms with Crippen LogP contribution < -0.4 is 10.7 Å². The summed E-state index contributed by atoms with van der Waals surface area (Å²) in [6.45, 7) is 0.887. The zero-order valence-electron chi connectivity index (χ0n) is 10.9. The van der Waals surface area contributed by atoms with Crippen LogP contribution in [0.15, 0.2) is 29.4 Å². The Bertz CT molecular complexity index is 550. The molecule has 0 aliphatic rings. The van der Waals surface area contributed by atoms with Crippen LogP contribution in [-0.2, 0) is 4.74 Å². The number of amides is 1. The van der Waals surface area contributed by atoms with E-state index in [1.54, 1.807) is 43.5 Å². The van der Waals surface area contributed by atoms with Crippen LogP contribution in [-0.4, -0.2) is 31.9 Å². The summed E-state index contributed by atoms with van der Waals surface area (Å²) in [5.41, 5.74) is 3.35. The predicted molar refractivity (Wildman–Crippen MR) is 72.9 cm³/mol. The Morgan fingerprint density at radius 3 is 2.50 bits per heavy atom. The number of hydrogen-bond donors (Lipinski definition) is 2. The lowest BCUT2D eigenvalue weighted by Crippen LogP contribution is -2.26. The summed E-state index contributed by atoms with van der Waals surface area (Å²) in [6, 6.07) is 9.73. The van der Waals surface area contributed by atoms with Crippen LogP contribution in [0.5, 0.6) is 0 Å². The number of hydrogen-bond acceptors (Lipinski definition) is 6. The van der Waals surface area contributed by atoms with E-state index < -0.39 is 0 Å². The maximum atomic E-state index is 11.7. The number of methoxy groups -OCH3 is 1. The van der Waals surface area contributed by atoms with Gasteiger partial charge in [0.1, 0.15) is 12.1 Å². The van der Waals surface area contributed by atoms with Crippen LogP contribution in [0.25, 0.3) is 0 Å². The Balaban J connectivity index is 2.61. The van der Waals surface area contributed by atoms with Gasteiger partial charge >= 0.3 is 0 Å². The molecule has 1 amide bonds. The minimum Gasteiger partial charge on any atom is -0.383 e. The van der Waals surface area contributed by atoms with Crippen LogP contribution in [0.3, 0.4) is 0 Å². The summed E-state index contributed by atoms with van der Waals surface area (Å²) in [5.74, 6) is -0.202. The second-order valence-electron chi connectivity index (χ2n) is 3.62. The van der Waals surface area contributed by atoms with Gasteiger partial charge in [0, 0.05) is 19.2 Å². The molecule has 0 heterocycles. The first-order chi connectivity index (χ1) is 9.71. The minimum absolute atomic E-state index is 0.202. The molecule has 0 aliphatic carbocycles. The molecule has 20 heavy (non-hydrogen) atoms. The quantitative estimate of drug-likeness (QED) is 0.453. The first-order valence-corrected chi connectivity index (χ1v) is 5.72. The van der Waals surface area contributed by atoms with Crippen LogP contribution in [0.2, 0.25) is 0 Å². The second kappa shape index (κ2) is 8.25. The summed E-state index contributed by atoms with van der Waals surface area (Å²) in [4.78, 5) is 11.7. The van der Waals surface area contributed by atoms with Gasteiger partial charge in [0.15, 0.2) is 0 Å². The first-order valence-electron chi connectivity index (χ1n) is 5.72. The van der Waals surface area contributed by atoms with E-state index in [9.17, 15) is 4.79 Å². The van der Waals surface area contributed by atoms with Gasteiger partial charge in [-0.3, -0.25) is 10.2 Å². The van der Waals surface area contributed by atoms with Gasteiger partial charge in [-0.2, -0.15) is 15.6 Å². The molecule has 0 bridgehead atoms. The first kappa shape index (κ1) is 15.2. The topological polar surface area (TPSA) is 110 Å². The molecule has 1 rings (SSSR count). The summed E-state index contributed by atoms with van der Waals surface area (Å²) < 4.78 is 4.83. The molecule has 7 heteroatoms. The third-order valence-corrected chi connectivity index (χ3v) is 2.25. The zero-order valence-corrected chi connectivity index (χ0v) is 10.9. The Labute approximate surface area is 116 Å². The van der Waals surface area contributed by atoms with E-state index in [0.717, 1.165) is 0 Å². The van der Waals surface area contributed by atoms with Crippen LogP contribution in [0.4, 0.5) is 5.69 Å². The molecule has 0 radical (unpaired) electrons. The third kappa shape index (κ3) is 4.77. The number of carbonyl (C=O) groups excluding carboxylic acids is 1. The third-order valence-electron chi connectivity index (χ3n) is 2.25. The number of carbonyl (C=O) groups is 1. The van der Waals surface area contributed by atoms with Crippen molar-refractivity contribution in [3.8, 4) is 12.1 Å². The van der Waals surface area contributed by atoms with Crippen molar-refractivity contribution in [2.45, 2.75) is 0 Å². The molecular weight excluding hydrogens is 258 g/mol. The second-order valence-corrected chi connectivity index (χ2v) is 3.62. The zero-order chi connectivity index (χ0) is 14.8. The number of benzene rings is 1. The molecule has 0 aliphatic heterocycles. The number of nitriles is 2. The average Bonchev–Trinajstić information content (AvgIpc) is 2.49. The average molecular weight is 271 g/mol. The summed E-state index contributed by atoms with van der Waals surface area (Å²) in [7, 11) is 1.56. The van der Waals surface area contributed by atoms with Crippen molar-refractivity contribution in [2.24, 2.45) is 5.10 Å². The Morgan fingerprint density at radius 1 is 1.30 bits per heavy atom. The molecule has 102 valence electrons. The van der Waals surface area contributed by atoms with Gasteiger partial charge in [0.05, 0.1) is 12.3 Å². The lowest BCUT2D eigenvalue weighted by Gasteiger charge is -2.05. The molecule has 1 aromatic carbocycles. The Hall–Kier alpha value is -2.90. The maximum absolute atomic E-state index is 11.7. The monoisotopic (exact) mass is 271 g/mol. The van der Waals surface area contributed by atoms with Crippen molar-refractivity contribution < 1.29 is 9.53 Å². The van der Waals surface area contributed by atoms with E-state index in [1.807, 2.05) is 0 Å². The number of hydrazone groups is 1. The fourth-order valence-corrected chi connectivity index (χ4v) is 1.26. The van der Waals surface area contributed by atoms with Gasteiger partial charge in [-0.15, -0.1) is 0 Å². The molecule has 0 atom stereocenters. The lowest BCUT2D eigenvalue weighted by atomic mass is 10.2. The SMILES string of the molecule is COCCNC(=O)c1ccc(NN=C(C#N)C#N)cc1. The van der Waals surface area contributed by atoms with Gasteiger partial charge < -0.3 is 10.1 Å². The molecule has 1 aromatic rings. The molecule has 0 saturated carbocycles. The fraction of sp³-hybridized carbons (Fsp3) is 0.231. The summed E-state index contributed by atoms with van der Waals surface area (Å²) in [6.07, 6.45) is 0. The predicted octanol–water partition coefficient (Wildman–Crippen LogP) is 0.878. The highest BCUT2D eigenvalue weighted by molar-refractivity contribution is 6.10. The van der Waals surface area contributed by atoms with E-state index in [0.29, 0.717) is 24.4 Å². The van der Waals surface area contributed by atoms with Crippen LogP contribution in [0.1, 0.15) is 10.4 Å². The number of nitrogens with zero attached hydrogens (tertiary/aromatic N) is 3. The molecular formula is C13H13N5O2. The van der Waals surface area contributed by atoms with Crippen molar-refractivity contribution in [3.63, 3.8) is 0 Å². The van der Waals surface area contributed by atoms with Crippen molar-refractivity contribution in [1.29, 1.82) is 10.5 Å². The van der Waals surface area contributed by atoms with E-state index in [-0.39, 0.29) is 11.6 Å². The highest BCUT2D eigenvalue weighted by Crippen LogP contribution is 2.09. The maximum Gasteiger partial charge on any atom is 0.251 e. The van der Waals surface area contributed by atoms with Gasteiger partial charge in [-0.25, -0.2) is 0 Å². The van der Waals surface area contributed by atoms with Crippen LogP contribution in [0, 0.1) is 22.7 Å². The van der Waals surface area contributed by atoms with Gasteiger partial charge in [0.2, 0.25) is 5.71 Å². The molecule has 7 nitrogen and oxygen atoms in total. The molecule has 0 unspecified atom stereocenters. The molecule has 0 spiro atoms. The highest BCUT2D eigenvalue weighted by atomic mass is 16.5. The number of ether oxygens (including phenoxy) is 1. The van der Waals surface area contributed by atoms with E-state index in [4.69, 9.17) is 15.3 Å². The summed E-state index contributed by atoms with van der Waals surface area (Å²) in [5, 5.41) is 23.3. The standard InChI is InChI=1S/C13H13N5O2/c1-20-7-6-16-13(19)10-2-4-11(5-3-10)17-18-12(8-14)9-15/h2-5,17H,6-7H2,1H3,(H,16,19). The molecule has 0 saturated heterocycles. The van der Waals surface area contributed by atoms with Gasteiger partial charge in [-0.05, 0) is 24.3 Å². The smallest absolute Gasteiger partial charge is 0.251 e. The Morgan fingerprint density at radius 2 is 1.95 bits per heavy atom. The molecule has 2 N–H and O–H groups in total. The van der Waals surface area contributed by atoms with Gasteiger partial charge in [0.25, 0.3) is 5.91 Å². The number of nitrogens with one attached hydrogen (secondary N) is 2. The van der Waals surface area contributed by atoms with Gasteiger partial charge in [-0.1, -0.05) is 0 Å².